The number of aromatic amines is 1. The van der Waals surface area contributed by atoms with Crippen molar-refractivity contribution in [1.82, 2.24) is 20.1 Å². The first kappa shape index (κ1) is 11.6. The summed E-state index contributed by atoms with van der Waals surface area (Å²) in [7, 11) is 0. The van der Waals surface area contributed by atoms with Crippen molar-refractivity contribution in [3.63, 3.8) is 0 Å². The van der Waals surface area contributed by atoms with Gasteiger partial charge in [0.05, 0.1) is 12.2 Å². The van der Waals surface area contributed by atoms with Crippen LogP contribution in [0.25, 0.3) is 0 Å². The second kappa shape index (κ2) is 4.35. The molecule has 1 amide bonds. The van der Waals surface area contributed by atoms with Crippen LogP contribution in [0.15, 0.2) is 0 Å². The van der Waals surface area contributed by atoms with Crippen molar-refractivity contribution in [3.8, 4) is 0 Å². The zero-order valence-corrected chi connectivity index (χ0v) is 10.7. The van der Waals surface area contributed by atoms with E-state index < -0.39 is 0 Å². The van der Waals surface area contributed by atoms with Gasteiger partial charge in [-0.25, -0.2) is 4.98 Å². The number of rotatable bonds is 2. The van der Waals surface area contributed by atoms with Gasteiger partial charge in [-0.1, -0.05) is 0 Å². The van der Waals surface area contributed by atoms with Crippen LogP contribution >= 0.6 is 0 Å². The van der Waals surface area contributed by atoms with Crippen molar-refractivity contribution in [2.45, 2.75) is 44.8 Å². The number of ether oxygens (including phenoxy) is 1. The van der Waals surface area contributed by atoms with Crippen molar-refractivity contribution in [2.75, 3.05) is 13.1 Å². The Morgan fingerprint density at radius 3 is 2.61 bits per heavy atom. The SMILES string of the molecule is C[C@@H]1CN(C(=O)c2n[nH]c(C3CC3)n2)C[C@H](C)O1. The third-order valence-electron chi connectivity index (χ3n) is 3.36. The van der Waals surface area contributed by atoms with Gasteiger partial charge in [0.25, 0.3) is 5.91 Å². The van der Waals surface area contributed by atoms with Gasteiger partial charge < -0.3 is 9.64 Å². The molecule has 1 saturated carbocycles. The quantitative estimate of drug-likeness (QED) is 0.847. The number of morpholine rings is 1. The Hall–Kier alpha value is -1.43. The Kier molecular flexibility index (Phi) is 2.81. The van der Waals surface area contributed by atoms with Crippen LogP contribution in [0.3, 0.4) is 0 Å². The summed E-state index contributed by atoms with van der Waals surface area (Å²) < 4.78 is 5.61. The lowest BCUT2D eigenvalue weighted by Crippen LogP contribution is -2.48. The molecule has 1 aromatic rings. The van der Waals surface area contributed by atoms with Crippen molar-refractivity contribution in [3.05, 3.63) is 11.6 Å². The van der Waals surface area contributed by atoms with E-state index >= 15 is 0 Å². The lowest BCUT2D eigenvalue weighted by molar-refractivity contribution is -0.0588. The highest BCUT2D eigenvalue weighted by Gasteiger charge is 2.31. The smallest absolute Gasteiger partial charge is 0.293 e. The van der Waals surface area contributed by atoms with Gasteiger partial charge in [0, 0.05) is 19.0 Å². The molecule has 6 nitrogen and oxygen atoms in total. The first-order valence-corrected chi connectivity index (χ1v) is 6.50. The zero-order valence-electron chi connectivity index (χ0n) is 10.7. The molecule has 2 heterocycles. The maximum absolute atomic E-state index is 12.3. The van der Waals surface area contributed by atoms with Crippen LogP contribution in [-0.2, 0) is 4.74 Å². The fourth-order valence-corrected chi connectivity index (χ4v) is 2.39. The molecule has 1 aliphatic heterocycles. The van der Waals surface area contributed by atoms with Gasteiger partial charge in [-0.3, -0.25) is 9.89 Å². The minimum atomic E-state index is -0.0971. The Balaban J connectivity index is 1.72. The normalized spacial score (nSPS) is 28.4. The molecule has 0 radical (unpaired) electrons. The Labute approximate surface area is 106 Å². The first-order chi connectivity index (χ1) is 8.63. The molecule has 1 aromatic heterocycles. The predicted molar refractivity (Wildman–Crippen MR) is 64.3 cm³/mol. The summed E-state index contributed by atoms with van der Waals surface area (Å²) >= 11 is 0. The molecule has 3 rings (SSSR count). The highest BCUT2D eigenvalue weighted by molar-refractivity contribution is 5.90. The number of H-pyrrole nitrogens is 1. The first-order valence-electron chi connectivity index (χ1n) is 6.50. The number of nitrogens with zero attached hydrogens (tertiary/aromatic N) is 3. The second-order valence-corrected chi connectivity index (χ2v) is 5.29. The standard InChI is InChI=1S/C12H18N4O2/c1-7-5-16(6-8(2)18-7)12(17)11-13-10(14-15-11)9-3-4-9/h7-9H,3-6H2,1-2H3,(H,13,14,15)/t7-,8+. The minimum Gasteiger partial charge on any atom is -0.372 e. The summed E-state index contributed by atoms with van der Waals surface area (Å²) in [4.78, 5) is 18.3. The highest BCUT2D eigenvalue weighted by Crippen LogP contribution is 2.37. The Bertz CT molecular complexity index is 445. The van der Waals surface area contributed by atoms with E-state index in [0.29, 0.717) is 24.8 Å². The van der Waals surface area contributed by atoms with E-state index in [1.807, 2.05) is 13.8 Å². The third kappa shape index (κ3) is 2.25. The number of nitrogens with one attached hydrogen (secondary N) is 1. The van der Waals surface area contributed by atoms with Crippen molar-refractivity contribution in [2.24, 2.45) is 0 Å². The summed E-state index contributed by atoms with van der Waals surface area (Å²) in [5.74, 6) is 1.53. The summed E-state index contributed by atoms with van der Waals surface area (Å²) in [6, 6.07) is 0. The maximum atomic E-state index is 12.3. The monoisotopic (exact) mass is 250 g/mol. The average molecular weight is 250 g/mol. The highest BCUT2D eigenvalue weighted by atomic mass is 16.5. The molecule has 18 heavy (non-hydrogen) atoms. The number of hydrogen-bond donors (Lipinski definition) is 1. The number of carbonyl (C=O) groups excluding carboxylic acids is 1. The summed E-state index contributed by atoms with van der Waals surface area (Å²) in [5.41, 5.74) is 0. The van der Waals surface area contributed by atoms with Crippen LogP contribution in [0.5, 0.6) is 0 Å². The third-order valence-corrected chi connectivity index (χ3v) is 3.36. The number of aromatic nitrogens is 3. The molecule has 0 aromatic carbocycles. The molecular weight excluding hydrogens is 232 g/mol. The zero-order chi connectivity index (χ0) is 12.7. The van der Waals surface area contributed by atoms with E-state index in [2.05, 4.69) is 15.2 Å². The van der Waals surface area contributed by atoms with E-state index in [1.165, 1.54) is 0 Å². The van der Waals surface area contributed by atoms with Gasteiger partial charge in [-0.05, 0) is 26.7 Å². The van der Waals surface area contributed by atoms with Crippen LogP contribution in [0.1, 0.15) is 49.1 Å². The molecule has 0 bridgehead atoms. The van der Waals surface area contributed by atoms with Crippen molar-refractivity contribution in [1.29, 1.82) is 0 Å². The van der Waals surface area contributed by atoms with Gasteiger partial charge in [-0.15, -0.1) is 5.10 Å². The van der Waals surface area contributed by atoms with Gasteiger partial charge >= 0.3 is 0 Å². The van der Waals surface area contributed by atoms with Gasteiger partial charge in [-0.2, -0.15) is 0 Å². The van der Waals surface area contributed by atoms with E-state index in [0.717, 1.165) is 18.7 Å². The molecule has 1 aliphatic carbocycles. The van der Waals surface area contributed by atoms with Gasteiger partial charge in [0.1, 0.15) is 5.82 Å². The molecule has 1 N–H and O–H groups in total. The van der Waals surface area contributed by atoms with Crippen LogP contribution < -0.4 is 0 Å². The largest absolute Gasteiger partial charge is 0.372 e. The molecule has 2 fully saturated rings. The number of amides is 1. The maximum Gasteiger partial charge on any atom is 0.293 e. The van der Waals surface area contributed by atoms with Crippen molar-refractivity contribution < 1.29 is 9.53 Å². The minimum absolute atomic E-state index is 0.0690. The second-order valence-electron chi connectivity index (χ2n) is 5.29. The molecule has 98 valence electrons. The Morgan fingerprint density at radius 1 is 1.33 bits per heavy atom. The topological polar surface area (TPSA) is 71.1 Å². The number of hydrogen-bond acceptors (Lipinski definition) is 4. The lowest BCUT2D eigenvalue weighted by atomic mass is 10.2. The molecule has 6 heteroatoms. The fourth-order valence-electron chi connectivity index (χ4n) is 2.39. The van der Waals surface area contributed by atoms with Gasteiger partial charge in [0.2, 0.25) is 5.82 Å². The molecule has 0 unspecified atom stereocenters. The van der Waals surface area contributed by atoms with Crippen molar-refractivity contribution >= 4 is 5.91 Å². The molecule has 1 saturated heterocycles. The molecule has 0 spiro atoms. The summed E-state index contributed by atoms with van der Waals surface area (Å²) in [5, 5.41) is 6.90. The van der Waals surface area contributed by atoms with E-state index in [4.69, 9.17) is 4.74 Å². The van der Waals surface area contributed by atoms with E-state index in [1.54, 1.807) is 4.90 Å². The van der Waals surface area contributed by atoms with Crippen LogP contribution in [0.2, 0.25) is 0 Å². The lowest BCUT2D eigenvalue weighted by Gasteiger charge is -2.34. The van der Waals surface area contributed by atoms with Crippen LogP contribution in [0, 0.1) is 0 Å². The van der Waals surface area contributed by atoms with E-state index in [9.17, 15) is 4.79 Å². The predicted octanol–water partition coefficient (Wildman–Crippen LogP) is 0.931. The molecule has 2 aliphatic rings. The van der Waals surface area contributed by atoms with Gasteiger partial charge in [0.15, 0.2) is 0 Å². The molecule has 2 atom stereocenters. The summed E-state index contributed by atoms with van der Waals surface area (Å²) in [6.45, 7) is 5.17. The van der Waals surface area contributed by atoms with E-state index in [-0.39, 0.29) is 18.1 Å². The van der Waals surface area contributed by atoms with Crippen LogP contribution in [0.4, 0.5) is 0 Å². The van der Waals surface area contributed by atoms with Crippen LogP contribution in [-0.4, -0.2) is 51.3 Å². The fraction of sp³-hybridized carbons (Fsp3) is 0.750. The Morgan fingerprint density at radius 2 is 2.00 bits per heavy atom. The average Bonchev–Trinajstić information content (AvgIpc) is 3.05. The molecular formula is C12H18N4O2. The summed E-state index contributed by atoms with van der Waals surface area (Å²) in [6.07, 6.45) is 2.43. The number of carbonyl (C=O) groups is 1.